The summed E-state index contributed by atoms with van der Waals surface area (Å²) < 4.78 is 0. The molecule has 1 saturated carbocycles. The van der Waals surface area contributed by atoms with Crippen LogP contribution >= 0.6 is 0 Å². The van der Waals surface area contributed by atoms with Crippen LogP contribution in [0.15, 0.2) is 11.6 Å². The summed E-state index contributed by atoms with van der Waals surface area (Å²) >= 11 is 0. The predicted octanol–water partition coefficient (Wildman–Crippen LogP) is 4.17. The molecule has 0 saturated heterocycles. The molecule has 0 spiro atoms. The molecule has 2 unspecified atom stereocenters. The van der Waals surface area contributed by atoms with Gasteiger partial charge in [0.05, 0.1) is 0 Å². The Kier molecular flexibility index (Phi) is 2.76. The minimum Gasteiger partial charge on any atom is -0.0817 e. The Labute approximate surface area is 82.4 Å². The summed E-state index contributed by atoms with van der Waals surface area (Å²) in [5, 5.41) is 0. The Hall–Kier alpha value is -0.260. The van der Waals surface area contributed by atoms with E-state index in [0.717, 1.165) is 17.8 Å². The standard InChI is InChI=1S/C13H22/c1-10(2)12-8-7-11-5-3-4-6-13(11)9-12/h9-11,13H,3-8H2,1-2H3. The molecule has 0 aromatic rings. The molecule has 1 fully saturated rings. The summed E-state index contributed by atoms with van der Waals surface area (Å²) in [5.41, 5.74) is 1.74. The average Bonchev–Trinajstić information content (AvgIpc) is 2.17. The molecule has 0 N–H and O–H groups in total. The van der Waals surface area contributed by atoms with E-state index in [2.05, 4.69) is 19.9 Å². The van der Waals surface area contributed by atoms with E-state index >= 15 is 0 Å². The van der Waals surface area contributed by atoms with Gasteiger partial charge in [0, 0.05) is 0 Å². The van der Waals surface area contributed by atoms with E-state index in [-0.39, 0.29) is 0 Å². The van der Waals surface area contributed by atoms with Gasteiger partial charge >= 0.3 is 0 Å². The quantitative estimate of drug-likeness (QED) is 0.529. The van der Waals surface area contributed by atoms with Gasteiger partial charge in [0.15, 0.2) is 0 Å². The Morgan fingerprint density at radius 1 is 1.15 bits per heavy atom. The van der Waals surface area contributed by atoms with Gasteiger partial charge in [-0.25, -0.2) is 0 Å². The van der Waals surface area contributed by atoms with E-state index in [4.69, 9.17) is 0 Å². The lowest BCUT2D eigenvalue weighted by Crippen LogP contribution is -2.22. The van der Waals surface area contributed by atoms with Crippen LogP contribution in [0.5, 0.6) is 0 Å². The first-order chi connectivity index (χ1) is 6.27. The number of fused-ring (bicyclic) bond motifs is 1. The summed E-state index contributed by atoms with van der Waals surface area (Å²) in [5.74, 6) is 2.80. The first-order valence-electron chi connectivity index (χ1n) is 5.98. The predicted molar refractivity (Wildman–Crippen MR) is 57.6 cm³/mol. The molecule has 0 bridgehead atoms. The summed E-state index contributed by atoms with van der Waals surface area (Å²) in [4.78, 5) is 0. The lowest BCUT2D eigenvalue weighted by Gasteiger charge is -2.35. The van der Waals surface area contributed by atoms with Gasteiger partial charge < -0.3 is 0 Å². The molecule has 0 aliphatic heterocycles. The summed E-state index contributed by atoms with van der Waals surface area (Å²) in [6, 6.07) is 0. The highest BCUT2D eigenvalue weighted by atomic mass is 14.3. The van der Waals surface area contributed by atoms with Crippen molar-refractivity contribution in [3.63, 3.8) is 0 Å². The summed E-state index contributed by atoms with van der Waals surface area (Å²) in [6.07, 6.45) is 11.4. The van der Waals surface area contributed by atoms with Crippen molar-refractivity contribution in [3.8, 4) is 0 Å². The third-order valence-electron chi connectivity index (χ3n) is 3.94. The number of hydrogen-bond donors (Lipinski definition) is 0. The van der Waals surface area contributed by atoms with Gasteiger partial charge in [0.2, 0.25) is 0 Å². The topological polar surface area (TPSA) is 0 Å². The second-order valence-electron chi connectivity index (χ2n) is 5.14. The first-order valence-corrected chi connectivity index (χ1v) is 5.98. The fourth-order valence-electron chi connectivity index (χ4n) is 3.01. The average molecular weight is 178 g/mol. The van der Waals surface area contributed by atoms with Crippen LogP contribution in [0.25, 0.3) is 0 Å². The van der Waals surface area contributed by atoms with Crippen LogP contribution in [-0.4, -0.2) is 0 Å². The molecule has 2 atom stereocenters. The van der Waals surface area contributed by atoms with Gasteiger partial charge in [-0.15, -0.1) is 0 Å². The first kappa shape index (κ1) is 9.30. The van der Waals surface area contributed by atoms with Crippen molar-refractivity contribution in [2.45, 2.75) is 52.4 Å². The molecule has 2 aliphatic carbocycles. The normalized spacial score (nSPS) is 34.2. The molecule has 0 amide bonds. The van der Waals surface area contributed by atoms with E-state index in [1.807, 2.05) is 0 Å². The van der Waals surface area contributed by atoms with E-state index < -0.39 is 0 Å². The van der Waals surface area contributed by atoms with Gasteiger partial charge in [0.1, 0.15) is 0 Å². The largest absolute Gasteiger partial charge is 0.0817 e. The van der Waals surface area contributed by atoms with Crippen LogP contribution in [0.4, 0.5) is 0 Å². The molecule has 0 heterocycles. The van der Waals surface area contributed by atoms with Crippen LogP contribution in [0.3, 0.4) is 0 Å². The highest BCUT2D eigenvalue weighted by molar-refractivity contribution is 5.12. The zero-order valence-corrected chi connectivity index (χ0v) is 9.05. The Morgan fingerprint density at radius 3 is 2.69 bits per heavy atom. The highest BCUT2D eigenvalue weighted by Crippen LogP contribution is 2.40. The third kappa shape index (κ3) is 1.98. The maximum atomic E-state index is 2.62. The maximum absolute atomic E-state index is 2.62. The Morgan fingerprint density at radius 2 is 1.92 bits per heavy atom. The van der Waals surface area contributed by atoms with E-state index in [9.17, 15) is 0 Å². The lowest BCUT2D eigenvalue weighted by atomic mass is 9.71. The fraction of sp³-hybridized carbons (Fsp3) is 0.846. The van der Waals surface area contributed by atoms with Crippen molar-refractivity contribution in [2.24, 2.45) is 17.8 Å². The fourth-order valence-corrected chi connectivity index (χ4v) is 3.01. The van der Waals surface area contributed by atoms with Crippen molar-refractivity contribution in [1.29, 1.82) is 0 Å². The lowest BCUT2D eigenvalue weighted by molar-refractivity contribution is 0.251. The van der Waals surface area contributed by atoms with Gasteiger partial charge in [-0.05, 0) is 43.4 Å². The molecule has 74 valence electrons. The minimum atomic E-state index is 0.794. The monoisotopic (exact) mass is 178 g/mol. The number of allylic oxidation sites excluding steroid dienone is 2. The van der Waals surface area contributed by atoms with Crippen molar-refractivity contribution >= 4 is 0 Å². The van der Waals surface area contributed by atoms with Gasteiger partial charge in [-0.2, -0.15) is 0 Å². The van der Waals surface area contributed by atoms with Crippen LogP contribution < -0.4 is 0 Å². The number of hydrogen-bond acceptors (Lipinski definition) is 0. The molecule has 0 aromatic heterocycles. The molecular formula is C13H22. The van der Waals surface area contributed by atoms with Crippen LogP contribution in [0.2, 0.25) is 0 Å². The molecule has 0 heteroatoms. The zero-order chi connectivity index (χ0) is 9.26. The van der Waals surface area contributed by atoms with Crippen molar-refractivity contribution in [1.82, 2.24) is 0 Å². The molecule has 0 nitrogen and oxygen atoms in total. The maximum Gasteiger partial charge on any atom is -0.0202 e. The second-order valence-corrected chi connectivity index (χ2v) is 5.14. The van der Waals surface area contributed by atoms with Crippen LogP contribution in [0, 0.1) is 17.8 Å². The zero-order valence-electron chi connectivity index (χ0n) is 9.05. The minimum absolute atomic E-state index is 0.794. The van der Waals surface area contributed by atoms with Crippen molar-refractivity contribution < 1.29 is 0 Å². The summed E-state index contributed by atoms with van der Waals surface area (Å²) in [6.45, 7) is 4.68. The molecule has 2 rings (SSSR count). The van der Waals surface area contributed by atoms with Crippen molar-refractivity contribution in [2.75, 3.05) is 0 Å². The molecular weight excluding hydrogens is 156 g/mol. The van der Waals surface area contributed by atoms with E-state index in [1.165, 1.54) is 38.5 Å². The van der Waals surface area contributed by atoms with E-state index in [0.29, 0.717) is 0 Å². The van der Waals surface area contributed by atoms with Gasteiger partial charge in [-0.3, -0.25) is 0 Å². The Balaban J connectivity index is 2.06. The van der Waals surface area contributed by atoms with Crippen LogP contribution in [0.1, 0.15) is 52.4 Å². The molecule has 0 aromatic carbocycles. The highest BCUT2D eigenvalue weighted by Gasteiger charge is 2.27. The third-order valence-corrected chi connectivity index (χ3v) is 3.94. The number of rotatable bonds is 1. The van der Waals surface area contributed by atoms with Crippen LogP contribution in [-0.2, 0) is 0 Å². The van der Waals surface area contributed by atoms with Crippen molar-refractivity contribution in [3.05, 3.63) is 11.6 Å². The van der Waals surface area contributed by atoms with Gasteiger partial charge in [-0.1, -0.05) is 38.3 Å². The second kappa shape index (κ2) is 3.86. The molecule has 0 radical (unpaired) electrons. The Bertz CT molecular complexity index is 200. The summed E-state index contributed by atoms with van der Waals surface area (Å²) in [7, 11) is 0. The van der Waals surface area contributed by atoms with Gasteiger partial charge in [0.25, 0.3) is 0 Å². The molecule has 2 aliphatic rings. The molecule has 13 heavy (non-hydrogen) atoms. The van der Waals surface area contributed by atoms with E-state index in [1.54, 1.807) is 5.57 Å². The SMILES string of the molecule is CC(C)C1=CC2CCCCC2CC1. The smallest absolute Gasteiger partial charge is 0.0202 e.